The van der Waals surface area contributed by atoms with Crippen LogP contribution in [0.5, 0.6) is 5.75 Å². The molecule has 1 aromatic heterocycles. The molecule has 2 N–H and O–H groups in total. The largest absolute Gasteiger partial charge is 0.492 e. The Balaban J connectivity index is 2.10. The first-order chi connectivity index (χ1) is 8.97. The molecule has 2 heterocycles. The van der Waals surface area contributed by atoms with Gasteiger partial charge in [0.25, 0.3) is 0 Å². The van der Waals surface area contributed by atoms with Crippen molar-refractivity contribution in [2.75, 3.05) is 12.3 Å². The number of fused-ring (bicyclic) bond motifs is 1. The van der Waals surface area contributed by atoms with Crippen molar-refractivity contribution in [3.63, 3.8) is 0 Å². The van der Waals surface area contributed by atoms with Gasteiger partial charge in [0.15, 0.2) is 0 Å². The fourth-order valence-electron chi connectivity index (χ4n) is 2.41. The Labute approximate surface area is 113 Å². The van der Waals surface area contributed by atoms with E-state index in [4.69, 9.17) is 10.5 Å². The molecule has 0 saturated heterocycles. The number of benzene rings is 1. The predicted molar refractivity (Wildman–Crippen MR) is 77.3 cm³/mol. The van der Waals surface area contributed by atoms with E-state index < -0.39 is 0 Å². The Kier molecular flexibility index (Phi) is 2.52. The van der Waals surface area contributed by atoms with Crippen LogP contribution in [-0.4, -0.2) is 11.6 Å². The lowest BCUT2D eigenvalue weighted by molar-refractivity contribution is 0.291. The van der Waals surface area contributed by atoms with Gasteiger partial charge in [-0.1, -0.05) is 13.8 Å². The van der Waals surface area contributed by atoms with Crippen molar-refractivity contribution in [3.05, 3.63) is 41.6 Å². The average molecular weight is 254 g/mol. The summed E-state index contributed by atoms with van der Waals surface area (Å²) in [6.07, 6.45) is 0. The van der Waals surface area contributed by atoms with Crippen molar-refractivity contribution in [1.29, 1.82) is 0 Å². The molecule has 0 fully saturated rings. The van der Waals surface area contributed by atoms with Gasteiger partial charge in [-0.2, -0.15) is 0 Å². The summed E-state index contributed by atoms with van der Waals surface area (Å²) in [4.78, 5) is 4.55. The van der Waals surface area contributed by atoms with Crippen LogP contribution in [0.2, 0.25) is 0 Å². The lowest BCUT2D eigenvalue weighted by Crippen LogP contribution is -2.18. The highest BCUT2D eigenvalue weighted by atomic mass is 16.5. The van der Waals surface area contributed by atoms with Crippen molar-refractivity contribution < 1.29 is 4.74 Å². The van der Waals surface area contributed by atoms with Crippen LogP contribution < -0.4 is 10.5 Å². The minimum absolute atomic E-state index is 0.0637. The summed E-state index contributed by atoms with van der Waals surface area (Å²) in [5.41, 5.74) is 10.8. The molecular weight excluding hydrogens is 236 g/mol. The van der Waals surface area contributed by atoms with E-state index in [1.54, 1.807) is 0 Å². The van der Waals surface area contributed by atoms with Gasteiger partial charge in [0.2, 0.25) is 0 Å². The lowest BCUT2D eigenvalue weighted by atomic mass is 9.86. The summed E-state index contributed by atoms with van der Waals surface area (Å²) >= 11 is 0. The molecule has 1 aromatic carbocycles. The predicted octanol–water partition coefficient (Wildman–Crippen LogP) is 3.31. The molecule has 3 heteroatoms. The van der Waals surface area contributed by atoms with Gasteiger partial charge in [-0.25, -0.2) is 0 Å². The fraction of sp³-hybridized carbons (Fsp3) is 0.312. The van der Waals surface area contributed by atoms with E-state index in [0.717, 1.165) is 35.0 Å². The third-order valence-corrected chi connectivity index (χ3v) is 3.72. The number of nitrogens with two attached hydrogens (primary N) is 1. The van der Waals surface area contributed by atoms with Gasteiger partial charge >= 0.3 is 0 Å². The van der Waals surface area contributed by atoms with Crippen LogP contribution in [0.3, 0.4) is 0 Å². The van der Waals surface area contributed by atoms with Gasteiger partial charge in [0.1, 0.15) is 5.75 Å². The van der Waals surface area contributed by atoms with Crippen LogP contribution >= 0.6 is 0 Å². The first kappa shape index (κ1) is 12.0. The van der Waals surface area contributed by atoms with Gasteiger partial charge in [0.05, 0.1) is 23.7 Å². The van der Waals surface area contributed by atoms with Crippen LogP contribution in [0.15, 0.2) is 30.3 Å². The van der Waals surface area contributed by atoms with Gasteiger partial charge in [-0.15, -0.1) is 0 Å². The summed E-state index contributed by atoms with van der Waals surface area (Å²) < 4.78 is 5.71. The van der Waals surface area contributed by atoms with Gasteiger partial charge < -0.3 is 10.5 Å². The molecular formula is C16H18N2O. The Hall–Kier alpha value is -2.03. The fourth-order valence-corrected chi connectivity index (χ4v) is 2.41. The van der Waals surface area contributed by atoms with E-state index in [1.807, 2.05) is 25.1 Å². The van der Waals surface area contributed by atoms with E-state index in [2.05, 4.69) is 31.0 Å². The van der Waals surface area contributed by atoms with Crippen molar-refractivity contribution in [1.82, 2.24) is 4.98 Å². The SMILES string of the molecule is Cc1nc(-c2ccc3c(c2)C(C)(C)CO3)ccc1N. The second-order valence-electron chi connectivity index (χ2n) is 5.75. The number of rotatable bonds is 1. The minimum atomic E-state index is 0.0637. The lowest BCUT2D eigenvalue weighted by Gasteiger charge is -2.16. The van der Waals surface area contributed by atoms with E-state index in [9.17, 15) is 0 Å². The topological polar surface area (TPSA) is 48.1 Å². The zero-order chi connectivity index (χ0) is 13.6. The molecule has 0 spiro atoms. The van der Waals surface area contributed by atoms with Crippen molar-refractivity contribution in [3.8, 4) is 17.0 Å². The molecule has 98 valence electrons. The number of ether oxygens (including phenoxy) is 1. The van der Waals surface area contributed by atoms with Gasteiger partial charge in [0, 0.05) is 16.5 Å². The summed E-state index contributed by atoms with van der Waals surface area (Å²) in [6.45, 7) is 7.06. The Morgan fingerprint density at radius 3 is 2.74 bits per heavy atom. The smallest absolute Gasteiger partial charge is 0.123 e. The van der Waals surface area contributed by atoms with Crippen LogP contribution in [0.4, 0.5) is 5.69 Å². The van der Waals surface area contributed by atoms with Crippen LogP contribution in [0, 0.1) is 6.92 Å². The number of hydrogen-bond acceptors (Lipinski definition) is 3. The highest BCUT2D eigenvalue weighted by Crippen LogP contribution is 2.40. The number of nitrogen functional groups attached to an aromatic ring is 1. The third kappa shape index (κ3) is 1.95. The molecule has 0 aliphatic carbocycles. The maximum absolute atomic E-state index is 5.82. The highest BCUT2D eigenvalue weighted by molar-refractivity contribution is 5.65. The molecule has 19 heavy (non-hydrogen) atoms. The molecule has 0 unspecified atom stereocenters. The molecule has 0 bridgehead atoms. The summed E-state index contributed by atoms with van der Waals surface area (Å²) in [5, 5.41) is 0. The van der Waals surface area contributed by atoms with Gasteiger partial charge in [-0.05, 0) is 37.3 Å². The standard InChI is InChI=1S/C16H18N2O/c1-10-13(17)5-6-14(18-10)11-4-7-15-12(8-11)16(2,3)9-19-15/h4-8H,9,17H2,1-3H3. The minimum Gasteiger partial charge on any atom is -0.492 e. The molecule has 0 radical (unpaired) electrons. The second-order valence-corrected chi connectivity index (χ2v) is 5.75. The number of aryl methyl sites for hydroxylation is 1. The number of pyridine rings is 1. The molecule has 1 aliphatic heterocycles. The Bertz CT molecular complexity index is 647. The van der Waals surface area contributed by atoms with Gasteiger partial charge in [-0.3, -0.25) is 4.98 Å². The highest BCUT2D eigenvalue weighted by Gasteiger charge is 2.31. The first-order valence-corrected chi connectivity index (χ1v) is 6.48. The monoisotopic (exact) mass is 254 g/mol. The van der Waals surface area contributed by atoms with Crippen molar-refractivity contribution in [2.24, 2.45) is 0 Å². The Morgan fingerprint density at radius 2 is 2.00 bits per heavy atom. The van der Waals surface area contributed by atoms with Crippen molar-refractivity contribution >= 4 is 5.69 Å². The molecule has 2 aromatic rings. The molecule has 3 nitrogen and oxygen atoms in total. The molecule has 0 saturated carbocycles. The van der Waals surface area contributed by atoms with Crippen LogP contribution in [-0.2, 0) is 5.41 Å². The zero-order valence-electron chi connectivity index (χ0n) is 11.5. The van der Waals surface area contributed by atoms with E-state index in [1.165, 1.54) is 5.56 Å². The normalized spacial score (nSPS) is 15.9. The number of anilines is 1. The van der Waals surface area contributed by atoms with Crippen LogP contribution in [0.25, 0.3) is 11.3 Å². The quantitative estimate of drug-likeness (QED) is 0.849. The molecule has 3 rings (SSSR count). The second kappa shape index (κ2) is 3.98. The van der Waals surface area contributed by atoms with E-state index in [-0.39, 0.29) is 5.41 Å². The summed E-state index contributed by atoms with van der Waals surface area (Å²) in [7, 11) is 0. The number of hydrogen-bond donors (Lipinski definition) is 1. The summed E-state index contributed by atoms with van der Waals surface area (Å²) in [5.74, 6) is 0.987. The van der Waals surface area contributed by atoms with E-state index in [0.29, 0.717) is 0 Å². The Morgan fingerprint density at radius 1 is 1.21 bits per heavy atom. The average Bonchev–Trinajstić information content (AvgIpc) is 2.69. The van der Waals surface area contributed by atoms with E-state index >= 15 is 0 Å². The maximum Gasteiger partial charge on any atom is 0.123 e. The molecule has 0 atom stereocenters. The third-order valence-electron chi connectivity index (χ3n) is 3.72. The van der Waals surface area contributed by atoms with Crippen molar-refractivity contribution in [2.45, 2.75) is 26.2 Å². The molecule has 1 aliphatic rings. The zero-order valence-corrected chi connectivity index (χ0v) is 11.5. The maximum atomic E-state index is 5.82. The first-order valence-electron chi connectivity index (χ1n) is 6.48. The van der Waals surface area contributed by atoms with Crippen LogP contribution in [0.1, 0.15) is 25.1 Å². The summed E-state index contributed by atoms with van der Waals surface area (Å²) in [6, 6.07) is 10.1. The molecule has 0 amide bonds. The number of nitrogens with zero attached hydrogens (tertiary/aromatic N) is 1. The number of aromatic nitrogens is 1.